The molecule has 0 fully saturated rings. The number of hydrogen-bond acceptors (Lipinski definition) is 3. The second-order valence-electron chi connectivity index (χ2n) is 4.18. The van der Waals surface area contributed by atoms with E-state index in [9.17, 15) is 5.11 Å². The van der Waals surface area contributed by atoms with Gasteiger partial charge >= 0.3 is 0 Å². The highest BCUT2D eigenvalue weighted by molar-refractivity contribution is 9.10. The Kier molecular flexibility index (Phi) is 4.80. The molecule has 0 radical (unpaired) electrons. The third-order valence-electron chi connectivity index (χ3n) is 2.90. The standard InChI is InChI=1S/C14H16BrNOS/c1-16(7-6-13-3-2-8-18-13)14-9-12(15)5-4-11(14)10-17/h2-5,8-9,17H,6-7,10H2,1H3. The second-order valence-corrected chi connectivity index (χ2v) is 6.13. The monoisotopic (exact) mass is 325 g/mol. The Morgan fingerprint density at radius 2 is 2.17 bits per heavy atom. The van der Waals surface area contributed by atoms with E-state index in [1.54, 1.807) is 11.3 Å². The summed E-state index contributed by atoms with van der Waals surface area (Å²) in [6.07, 6.45) is 1.03. The molecule has 0 amide bonds. The Labute approximate surface area is 120 Å². The van der Waals surface area contributed by atoms with Crippen LogP contribution in [0.5, 0.6) is 0 Å². The van der Waals surface area contributed by atoms with E-state index in [1.165, 1.54) is 4.88 Å². The molecule has 0 aliphatic heterocycles. The van der Waals surface area contributed by atoms with Crippen LogP contribution in [0.25, 0.3) is 0 Å². The molecule has 2 rings (SSSR count). The van der Waals surface area contributed by atoms with Gasteiger partial charge in [0.25, 0.3) is 0 Å². The fourth-order valence-corrected chi connectivity index (χ4v) is 2.93. The van der Waals surface area contributed by atoms with Crippen LogP contribution in [0, 0.1) is 0 Å². The van der Waals surface area contributed by atoms with Crippen LogP contribution in [0.3, 0.4) is 0 Å². The molecule has 0 aliphatic carbocycles. The van der Waals surface area contributed by atoms with Gasteiger partial charge < -0.3 is 10.0 Å². The first-order valence-electron chi connectivity index (χ1n) is 5.83. The minimum atomic E-state index is 0.0754. The van der Waals surface area contributed by atoms with Gasteiger partial charge in [0.2, 0.25) is 0 Å². The van der Waals surface area contributed by atoms with Crippen molar-refractivity contribution in [3.05, 3.63) is 50.6 Å². The van der Waals surface area contributed by atoms with Crippen molar-refractivity contribution in [3.63, 3.8) is 0 Å². The van der Waals surface area contributed by atoms with Gasteiger partial charge in [-0.1, -0.05) is 28.1 Å². The zero-order valence-corrected chi connectivity index (χ0v) is 12.7. The molecule has 1 aromatic heterocycles. The predicted molar refractivity (Wildman–Crippen MR) is 81.4 cm³/mol. The largest absolute Gasteiger partial charge is 0.392 e. The summed E-state index contributed by atoms with van der Waals surface area (Å²) < 4.78 is 1.04. The van der Waals surface area contributed by atoms with E-state index in [2.05, 4.69) is 51.5 Å². The van der Waals surface area contributed by atoms with Crippen LogP contribution in [0.15, 0.2) is 40.2 Å². The molecule has 18 heavy (non-hydrogen) atoms. The summed E-state index contributed by atoms with van der Waals surface area (Å²) in [6, 6.07) is 10.2. The lowest BCUT2D eigenvalue weighted by atomic mass is 10.1. The quantitative estimate of drug-likeness (QED) is 0.906. The number of anilines is 1. The van der Waals surface area contributed by atoms with E-state index >= 15 is 0 Å². The molecule has 0 unspecified atom stereocenters. The van der Waals surface area contributed by atoms with Crippen LogP contribution in [0.4, 0.5) is 5.69 Å². The average Bonchev–Trinajstić information content (AvgIpc) is 2.89. The number of nitrogens with zero attached hydrogens (tertiary/aromatic N) is 1. The summed E-state index contributed by atoms with van der Waals surface area (Å²) in [5.41, 5.74) is 2.05. The minimum Gasteiger partial charge on any atom is -0.392 e. The van der Waals surface area contributed by atoms with E-state index in [0.717, 1.165) is 28.7 Å². The van der Waals surface area contributed by atoms with Crippen LogP contribution in [0.1, 0.15) is 10.4 Å². The number of aliphatic hydroxyl groups excluding tert-OH is 1. The maximum atomic E-state index is 9.37. The van der Waals surface area contributed by atoms with Crippen LogP contribution in [0.2, 0.25) is 0 Å². The van der Waals surface area contributed by atoms with E-state index in [4.69, 9.17) is 0 Å². The second kappa shape index (κ2) is 6.36. The molecule has 0 bridgehead atoms. The van der Waals surface area contributed by atoms with Crippen LogP contribution >= 0.6 is 27.3 Å². The summed E-state index contributed by atoms with van der Waals surface area (Å²) in [6.45, 7) is 1.02. The smallest absolute Gasteiger partial charge is 0.0702 e. The van der Waals surface area contributed by atoms with Gasteiger partial charge in [0, 0.05) is 34.2 Å². The Morgan fingerprint density at radius 3 is 2.83 bits per heavy atom. The normalized spacial score (nSPS) is 10.6. The van der Waals surface area contributed by atoms with E-state index in [-0.39, 0.29) is 6.61 Å². The zero-order chi connectivity index (χ0) is 13.0. The lowest BCUT2D eigenvalue weighted by molar-refractivity contribution is 0.282. The third-order valence-corrected chi connectivity index (χ3v) is 4.33. The molecule has 1 aromatic carbocycles. The Hall–Kier alpha value is -0.840. The first kappa shape index (κ1) is 13.6. The number of hydrogen-bond donors (Lipinski definition) is 1. The minimum absolute atomic E-state index is 0.0754. The topological polar surface area (TPSA) is 23.5 Å². The number of halogens is 1. The third kappa shape index (κ3) is 3.34. The molecule has 0 aliphatic rings. The molecule has 96 valence electrons. The van der Waals surface area contributed by atoms with Crippen molar-refractivity contribution in [2.24, 2.45) is 0 Å². The van der Waals surface area contributed by atoms with Gasteiger partial charge in [0.05, 0.1) is 6.61 Å². The van der Waals surface area contributed by atoms with E-state index in [0.29, 0.717) is 0 Å². The molecule has 0 saturated heterocycles. The van der Waals surface area contributed by atoms with Gasteiger partial charge in [-0.15, -0.1) is 11.3 Å². The summed E-state index contributed by atoms with van der Waals surface area (Å²) in [4.78, 5) is 3.58. The zero-order valence-electron chi connectivity index (χ0n) is 10.3. The SMILES string of the molecule is CN(CCc1cccs1)c1cc(Br)ccc1CO. The maximum Gasteiger partial charge on any atom is 0.0702 e. The molecule has 2 nitrogen and oxygen atoms in total. The highest BCUT2D eigenvalue weighted by atomic mass is 79.9. The van der Waals surface area contributed by atoms with Gasteiger partial charge in [0.15, 0.2) is 0 Å². The summed E-state index contributed by atoms with van der Waals surface area (Å²) in [5, 5.41) is 11.5. The summed E-state index contributed by atoms with van der Waals surface area (Å²) >= 11 is 5.27. The van der Waals surface area contributed by atoms with E-state index < -0.39 is 0 Å². The first-order valence-corrected chi connectivity index (χ1v) is 7.51. The lowest BCUT2D eigenvalue weighted by Gasteiger charge is -2.22. The number of aliphatic hydroxyl groups is 1. The van der Waals surface area contributed by atoms with Crippen molar-refractivity contribution in [1.29, 1.82) is 0 Å². The van der Waals surface area contributed by atoms with Crippen molar-refractivity contribution in [3.8, 4) is 0 Å². The fraction of sp³-hybridized carbons (Fsp3) is 0.286. The number of thiophene rings is 1. The Balaban J connectivity index is 2.08. The highest BCUT2D eigenvalue weighted by Crippen LogP contribution is 2.25. The van der Waals surface area contributed by atoms with Gasteiger partial charge in [-0.25, -0.2) is 0 Å². The van der Waals surface area contributed by atoms with Crippen molar-refractivity contribution < 1.29 is 5.11 Å². The fourth-order valence-electron chi connectivity index (χ4n) is 1.88. The Morgan fingerprint density at radius 1 is 1.33 bits per heavy atom. The molecule has 4 heteroatoms. The van der Waals surface area contributed by atoms with Crippen LogP contribution in [-0.4, -0.2) is 18.7 Å². The van der Waals surface area contributed by atoms with Gasteiger partial charge in [0.1, 0.15) is 0 Å². The molecule has 1 heterocycles. The molecular weight excluding hydrogens is 310 g/mol. The van der Waals surface area contributed by atoms with Gasteiger partial charge in [-0.05, 0) is 30.0 Å². The first-order chi connectivity index (χ1) is 8.70. The molecule has 0 atom stereocenters. The molecular formula is C14H16BrNOS. The average molecular weight is 326 g/mol. The van der Waals surface area contributed by atoms with Crippen molar-refractivity contribution in [2.75, 3.05) is 18.5 Å². The van der Waals surface area contributed by atoms with Gasteiger partial charge in [-0.2, -0.15) is 0 Å². The van der Waals surface area contributed by atoms with Crippen LogP contribution < -0.4 is 4.90 Å². The van der Waals surface area contributed by atoms with Crippen molar-refractivity contribution in [1.82, 2.24) is 0 Å². The molecule has 2 aromatic rings. The molecule has 0 saturated carbocycles. The number of benzene rings is 1. The highest BCUT2D eigenvalue weighted by Gasteiger charge is 2.08. The molecule has 0 spiro atoms. The lowest BCUT2D eigenvalue weighted by Crippen LogP contribution is -2.21. The summed E-state index contributed by atoms with van der Waals surface area (Å²) in [5.74, 6) is 0. The molecule has 1 N–H and O–H groups in total. The van der Waals surface area contributed by atoms with Crippen LogP contribution in [-0.2, 0) is 13.0 Å². The van der Waals surface area contributed by atoms with Crippen molar-refractivity contribution >= 4 is 33.0 Å². The van der Waals surface area contributed by atoms with Crippen molar-refractivity contribution in [2.45, 2.75) is 13.0 Å². The van der Waals surface area contributed by atoms with Gasteiger partial charge in [-0.3, -0.25) is 0 Å². The maximum absolute atomic E-state index is 9.37. The van der Waals surface area contributed by atoms with E-state index in [1.807, 2.05) is 12.1 Å². The number of rotatable bonds is 5. The summed E-state index contributed by atoms with van der Waals surface area (Å²) in [7, 11) is 2.06. The Bertz CT molecular complexity index is 499. The number of likely N-dealkylation sites (N-methyl/N-ethyl adjacent to an activating group) is 1. The predicted octanol–water partition coefficient (Wildman–Crippen LogP) is 3.68.